The molecule has 1 fully saturated rings. The van der Waals surface area contributed by atoms with Crippen LogP contribution in [0.1, 0.15) is 22.6 Å². The van der Waals surface area contributed by atoms with Gasteiger partial charge in [0.15, 0.2) is 11.5 Å². The zero-order chi connectivity index (χ0) is 15.7. The number of hydrogen-bond donors (Lipinski definition) is 3. The Kier molecular flexibility index (Phi) is 3.71. The first-order valence-electron chi connectivity index (χ1n) is 7.15. The largest absolute Gasteiger partial charge is 0.387 e. The monoisotopic (exact) mass is 305 g/mol. The van der Waals surface area contributed by atoms with Crippen LogP contribution in [-0.2, 0) is 7.05 Å². The molecule has 2 aromatic rings. The van der Waals surface area contributed by atoms with Gasteiger partial charge in [-0.3, -0.25) is 9.48 Å². The second kappa shape index (κ2) is 5.54. The van der Waals surface area contributed by atoms with E-state index in [0.717, 1.165) is 17.8 Å². The van der Waals surface area contributed by atoms with Gasteiger partial charge in [0.2, 0.25) is 0 Å². The van der Waals surface area contributed by atoms with Gasteiger partial charge in [-0.2, -0.15) is 5.10 Å². The van der Waals surface area contributed by atoms with Crippen molar-refractivity contribution >= 4 is 5.91 Å². The Morgan fingerprint density at radius 2 is 2.45 bits per heavy atom. The molecule has 0 spiro atoms. The lowest BCUT2D eigenvalue weighted by Gasteiger charge is -2.20. The van der Waals surface area contributed by atoms with E-state index < -0.39 is 5.60 Å². The van der Waals surface area contributed by atoms with Crippen LogP contribution in [0.25, 0.3) is 11.3 Å². The summed E-state index contributed by atoms with van der Waals surface area (Å²) in [7, 11) is 1.83. The fourth-order valence-electron chi connectivity index (χ4n) is 2.47. The molecule has 0 unspecified atom stereocenters. The molecule has 22 heavy (non-hydrogen) atoms. The van der Waals surface area contributed by atoms with E-state index in [4.69, 9.17) is 4.52 Å². The van der Waals surface area contributed by atoms with Crippen LogP contribution >= 0.6 is 0 Å². The minimum Gasteiger partial charge on any atom is -0.387 e. The molecule has 0 saturated carbocycles. The fourth-order valence-corrected chi connectivity index (χ4v) is 2.47. The third kappa shape index (κ3) is 2.75. The van der Waals surface area contributed by atoms with E-state index in [1.807, 2.05) is 14.0 Å². The molecule has 1 atom stereocenters. The number of aryl methyl sites for hydroxylation is 1. The summed E-state index contributed by atoms with van der Waals surface area (Å²) >= 11 is 0. The van der Waals surface area contributed by atoms with E-state index in [1.165, 1.54) is 0 Å². The van der Waals surface area contributed by atoms with Crippen molar-refractivity contribution in [2.24, 2.45) is 7.05 Å². The van der Waals surface area contributed by atoms with Crippen LogP contribution in [-0.4, -0.2) is 51.2 Å². The van der Waals surface area contributed by atoms with Gasteiger partial charge in [0.25, 0.3) is 5.91 Å². The summed E-state index contributed by atoms with van der Waals surface area (Å²) in [5.41, 5.74) is 1.03. The number of nitrogens with one attached hydrogen (secondary N) is 2. The highest BCUT2D eigenvalue weighted by Crippen LogP contribution is 2.23. The van der Waals surface area contributed by atoms with Crippen LogP contribution in [0.3, 0.4) is 0 Å². The Hall–Kier alpha value is -2.19. The Balaban J connectivity index is 1.68. The van der Waals surface area contributed by atoms with Gasteiger partial charge in [-0.25, -0.2) is 0 Å². The minimum atomic E-state index is -0.887. The van der Waals surface area contributed by atoms with E-state index in [9.17, 15) is 9.90 Å². The molecule has 3 rings (SSSR count). The molecule has 3 N–H and O–H groups in total. The van der Waals surface area contributed by atoms with Gasteiger partial charge >= 0.3 is 0 Å². The molecule has 1 amide bonds. The summed E-state index contributed by atoms with van der Waals surface area (Å²) in [5, 5.41) is 23.9. The zero-order valence-corrected chi connectivity index (χ0v) is 12.6. The van der Waals surface area contributed by atoms with Gasteiger partial charge in [-0.15, -0.1) is 0 Å². The average Bonchev–Trinajstić information content (AvgIpc) is 3.20. The van der Waals surface area contributed by atoms with Gasteiger partial charge in [0, 0.05) is 31.9 Å². The number of rotatable bonds is 4. The van der Waals surface area contributed by atoms with Crippen molar-refractivity contribution in [1.82, 2.24) is 25.6 Å². The van der Waals surface area contributed by atoms with Gasteiger partial charge in [0.05, 0.1) is 17.4 Å². The number of aromatic nitrogens is 3. The topological polar surface area (TPSA) is 105 Å². The van der Waals surface area contributed by atoms with Crippen LogP contribution < -0.4 is 10.6 Å². The van der Waals surface area contributed by atoms with Gasteiger partial charge < -0.3 is 20.3 Å². The van der Waals surface area contributed by atoms with Crippen molar-refractivity contribution in [2.45, 2.75) is 18.9 Å². The maximum Gasteiger partial charge on any atom is 0.273 e. The highest BCUT2D eigenvalue weighted by molar-refractivity contribution is 5.93. The second-order valence-corrected chi connectivity index (χ2v) is 5.68. The van der Waals surface area contributed by atoms with E-state index in [1.54, 1.807) is 16.9 Å². The first-order chi connectivity index (χ1) is 10.5. The lowest BCUT2D eigenvalue weighted by molar-refractivity contribution is 0.0559. The van der Waals surface area contributed by atoms with Gasteiger partial charge in [-0.05, 0) is 19.9 Å². The van der Waals surface area contributed by atoms with Crippen molar-refractivity contribution in [3.8, 4) is 11.3 Å². The molecular weight excluding hydrogens is 286 g/mol. The standard InChI is InChI=1S/C14H19N5O3/c1-9-10(6-17-19(9)2)12-5-11(18-22-12)13(20)16-8-14(21)3-4-15-7-14/h5-6,15,21H,3-4,7-8H2,1-2H3,(H,16,20)/t14-/m0/s1. The number of hydrogen-bond acceptors (Lipinski definition) is 6. The van der Waals surface area contributed by atoms with Crippen molar-refractivity contribution in [1.29, 1.82) is 0 Å². The van der Waals surface area contributed by atoms with Gasteiger partial charge in [0.1, 0.15) is 0 Å². The molecule has 1 aliphatic heterocycles. The average molecular weight is 305 g/mol. The summed E-state index contributed by atoms with van der Waals surface area (Å²) in [6, 6.07) is 1.58. The van der Waals surface area contributed by atoms with Crippen LogP contribution in [0.4, 0.5) is 0 Å². The molecule has 2 aromatic heterocycles. The normalized spacial score (nSPS) is 21.2. The Bertz CT molecular complexity index is 684. The van der Waals surface area contributed by atoms with Crippen LogP contribution in [0, 0.1) is 6.92 Å². The van der Waals surface area contributed by atoms with Crippen molar-refractivity contribution in [3.63, 3.8) is 0 Å². The molecule has 0 bridgehead atoms. The van der Waals surface area contributed by atoms with E-state index >= 15 is 0 Å². The first-order valence-corrected chi connectivity index (χ1v) is 7.15. The molecule has 1 saturated heterocycles. The predicted molar refractivity (Wildman–Crippen MR) is 78.2 cm³/mol. The molecule has 1 aliphatic rings. The maximum absolute atomic E-state index is 12.1. The first kappa shape index (κ1) is 14.7. The third-order valence-electron chi connectivity index (χ3n) is 4.04. The smallest absolute Gasteiger partial charge is 0.273 e. The Labute approximate surface area is 127 Å². The molecule has 3 heterocycles. The molecule has 0 aliphatic carbocycles. The number of amides is 1. The highest BCUT2D eigenvalue weighted by Gasteiger charge is 2.31. The van der Waals surface area contributed by atoms with Crippen LogP contribution in [0.5, 0.6) is 0 Å². The zero-order valence-electron chi connectivity index (χ0n) is 12.6. The quantitative estimate of drug-likeness (QED) is 0.725. The fraction of sp³-hybridized carbons (Fsp3) is 0.500. The van der Waals surface area contributed by atoms with E-state index in [-0.39, 0.29) is 18.1 Å². The van der Waals surface area contributed by atoms with E-state index in [0.29, 0.717) is 18.7 Å². The minimum absolute atomic E-state index is 0.187. The second-order valence-electron chi connectivity index (χ2n) is 5.68. The molecule has 0 aromatic carbocycles. The van der Waals surface area contributed by atoms with Crippen molar-refractivity contribution in [3.05, 3.63) is 23.7 Å². The SMILES string of the molecule is Cc1c(-c2cc(C(=O)NC[C@]3(O)CCNC3)no2)cnn1C. The molecule has 0 radical (unpaired) electrons. The molecule has 8 heteroatoms. The summed E-state index contributed by atoms with van der Waals surface area (Å²) < 4.78 is 6.95. The molecule has 118 valence electrons. The van der Waals surface area contributed by atoms with Crippen LogP contribution in [0.2, 0.25) is 0 Å². The lowest BCUT2D eigenvalue weighted by atomic mass is 10.0. The number of aliphatic hydroxyl groups is 1. The highest BCUT2D eigenvalue weighted by atomic mass is 16.5. The molecule has 8 nitrogen and oxygen atoms in total. The lowest BCUT2D eigenvalue weighted by Crippen LogP contribution is -2.44. The number of carbonyl (C=O) groups is 1. The number of β-amino-alcohol motifs (C(OH)–C–C–N with tert-alkyl or cyclic N) is 1. The Morgan fingerprint density at radius 3 is 3.09 bits per heavy atom. The maximum atomic E-state index is 12.1. The summed E-state index contributed by atoms with van der Waals surface area (Å²) in [6.07, 6.45) is 2.29. The third-order valence-corrected chi connectivity index (χ3v) is 4.04. The summed E-state index contributed by atoms with van der Waals surface area (Å²) in [4.78, 5) is 12.1. The predicted octanol–water partition coefficient (Wildman–Crippen LogP) is -0.162. The number of nitrogens with zero attached hydrogens (tertiary/aromatic N) is 3. The summed E-state index contributed by atoms with van der Waals surface area (Å²) in [6.45, 7) is 3.33. The van der Waals surface area contributed by atoms with Crippen LogP contribution in [0.15, 0.2) is 16.8 Å². The van der Waals surface area contributed by atoms with E-state index in [2.05, 4.69) is 20.9 Å². The molecular formula is C14H19N5O3. The van der Waals surface area contributed by atoms with Crippen molar-refractivity contribution < 1.29 is 14.4 Å². The Morgan fingerprint density at radius 1 is 1.64 bits per heavy atom. The van der Waals surface area contributed by atoms with Gasteiger partial charge in [-0.1, -0.05) is 5.16 Å². The van der Waals surface area contributed by atoms with Crippen molar-refractivity contribution in [2.75, 3.05) is 19.6 Å². The number of carbonyl (C=O) groups excluding carboxylic acids is 1. The summed E-state index contributed by atoms with van der Waals surface area (Å²) in [5.74, 6) is 0.133.